The summed E-state index contributed by atoms with van der Waals surface area (Å²) in [7, 11) is -1.69. The highest BCUT2D eigenvalue weighted by Crippen LogP contribution is 2.13. The van der Waals surface area contributed by atoms with Crippen molar-refractivity contribution in [1.29, 1.82) is 0 Å². The van der Waals surface area contributed by atoms with Crippen LogP contribution in [-0.2, 0) is 21.4 Å². The Balaban J connectivity index is 2.62. The average molecular weight is 292 g/mol. The van der Waals surface area contributed by atoms with E-state index >= 15 is 0 Å². The molecule has 0 unspecified atom stereocenters. The first-order chi connectivity index (χ1) is 8.57. The average Bonchev–Trinajstić information content (AvgIpc) is 2.29. The van der Waals surface area contributed by atoms with Gasteiger partial charge in [-0.05, 0) is 30.5 Å². The monoisotopic (exact) mass is 291 g/mol. The van der Waals surface area contributed by atoms with E-state index in [4.69, 9.17) is 16.3 Å². The molecule has 1 rings (SSSR count). The topological polar surface area (TPSA) is 55.4 Å². The van der Waals surface area contributed by atoms with Crippen LogP contribution in [0.15, 0.2) is 24.3 Å². The summed E-state index contributed by atoms with van der Waals surface area (Å²) >= 11 is 5.52. The number of ether oxygens (including phenoxy) is 1. The number of benzene rings is 1. The van der Waals surface area contributed by atoms with Gasteiger partial charge >= 0.3 is 0 Å². The Morgan fingerprint density at radius 3 is 2.78 bits per heavy atom. The van der Waals surface area contributed by atoms with Gasteiger partial charge in [0.25, 0.3) is 0 Å². The Morgan fingerprint density at radius 1 is 1.33 bits per heavy atom. The maximum absolute atomic E-state index is 11.8. The van der Waals surface area contributed by atoms with Crippen molar-refractivity contribution in [2.75, 3.05) is 23.5 Å². The Hall–Kier alpha value is -0.780. The second-order valence-corrected chi connectivity index (χ2v) is 6.17. The molecule has 0 fully saturated rings. The van der Waals surface area contributed by atoms with E-state index in [1.165, 1.54) is 0 Å². The fourth-order valence-electron chi connectivity index (χ4n) is 1.51. The summed E-state index contributed by atoms with van der Waals surface area (Å²) in [6, 6.07) is 7.17. The molecule has 0 saturated carbocycles. The van der Waals surface area contributed by atoms with Gasteiger partial charge in [-0.25, -0.2) is 8.42 Å². The van der Waals surface area contributed by atoms with E-state index in [0.717, 1.165) is 5.56 Å². The van der Waals surface area contributed by atoms with E-state index in [2.05, 4.69) is 4.72 Å². The quantitative estimate of drug-likeness (QED) is 0.592. The number of hydrogen-bond donors (Lipinski definition) is 1. The van der Waals surface area contributed by atoms with Crippen LogP contribution in [0.5, 0.6) is 0 Å². The lowest BCUT2D eigenvalue weighted by Crippen LogP contribution is -2.16. The van der Waals surface area contributed by atoms with Crippen molar-refractivity contribution in [3.63, 3.8) is 0 Å². The summed E-state index contributed by atoms with van der Waals surface area (Å²) in [4.78, 5) is 0. The van der Waals surface area contributed by atoms with Gasteiger partial charge in [-0.1, -0.05) is 12.1 Å². The standard InChI is InChI=1S/C12H18ClNO3S/c1-17-10-11-5-4-6-12(9-11)14-18(15,16)8-3-2-7-13/h4-6,9,14H,2-3,7-8,10H2,1H3. The van der Waals surface area contributed by atoms with Crippen molar-refractivity contribution in [2.45, 2.75) is 19.4 Å². The number of rotatable bonds is 8. The molecule has 1 aromatic rings. The first kappa shape index (κ1) is 15.3. The molecule has 0 bridgehead atoms. The first-order valence-electron chi connectivity index (χ1n) is 5.72. The third-order valence-electron chi connectivity index (χ3n) is 2.31. The molecule has 0 atom stereocenters. The minimum atomic E-state index is -3.29. The van der Waals surface area contributed by atoms with Gasteiger partial charge in [0.05, 0.1) is 12.4 Å². The predicted molar refractivity (Wildman–Crippen MR) is 74.5 cm³/mol. The molecule has 102 valence electrons. The first-order valence-corrected chi connectivity index (χ1v) is 7.90. The highest BCUT2D eigenvalue weighted by molar-refractivity contribution is 7.92. The van der Waals surface area contributed by atoms with E-state index in [-0.39, 0.29) is 5.75 Å². The lowest BCUT2D eigenvalue weighted by Gasteiger charge is -2.09. The minimum Gasteiger partial charge on any atom is -0.380 e. The number of halogens is 1. The van der Waals surface area contributed by atoms with E-state index in [1.54, 1.807) is 25.3 Å². The van der Waals surface area contributed by atoms with E-state index in [0.29, 0.717) is 31.0 Å². The van der Waals surface area contributed by atoms with Crippen LogP contribution in [0.1, 0.15) is 18.4 Å². The van der Waals surface area contributed by atoms with Gasteiger partial charge < -0.3 is 4.74 Å². The van der Waals surface area contributed by atoms with Crippen LogP contribution < -0.4 is 4.72 Å². The molecule has 0 heterocycles. The number of methoxy groups -OCH3 is 1. The number of sulfonamides is 1. The van der Waals surface area contributed by atoms with Gasteiger partial charge in [-0.2, -0.15) is 0 Å². The summed E-state index contributed by atoms with van der Waals surface area (Å²) in [6.45, 7) is 0.460. The molecule has 0 saturated heterocycles. The zero-order valence-electron chi connectivity index (χ0n) is 10.4. The molecule has 0 amide bonds. The Kier molecular flexibility index (Phi) is 6.46. The zero-order valence-corrected chi connectivity index (χ0v) is 11.9. The number of alkyl halides is 1. The summed E-state index contributed by atoms with van der Waals surface area (Å²) in [6.07, 6.45) is 1.27. The number of anilines is 1. The SMILES string of the molecule is COCc1cccc(NS(=O)(=O)CCCCCl)c1. The molecule has 18 heavy (non-hydrogen) atoms. The fourth-order valence-corrected chi connectivity index (χ4v) is 2.87. The van der Waals surface area contributed by atoms with Crippen LogP contribution in [-0.4, -0.2) is 27.2 Å². The van der Waals surface area contributed by atoms with Gasteiger partial charge in [0.15, 0.2) is 0 Å². The van der Waals surface area contributed by atoms with Crippen LogP contribution in [0.25, 0.3) is 0 Å². The molecule has 1 N–H and O–H groups in total. The Morgan fingerprint density at radius 2 is 2.11 bits per heavy atom. The number of hydrogen-bond acceptors (Lipinski definition) is 3. The van der Waals surface area contributed by atoms with Gasteiger partial charge in [0.1, 0.15) is 0 Å². The van der Waals surface area contributed by atoms with Gasteiger partial charge in [0.2, 0.25) is 10.0 Å². The molecule has 1 aromatic carbocycles. The lowest BCUT2D eigenvalue weighted by molar-refractivity contribution is 0.185. The summed E-state index contributed by atoms with van der Waals surface area (Å²) in [5, 5.41) is 0. The van der Waals surface area contributed by atoms with Crippen LogP contribution in [0, 0.1) is 0 Å². The van der Waals surface area contributed by atoms with Crippen molar-refractivity contribution in [1.82, 2.24) is 0 Å². The van der Waals surface area contributed by atoms with Crippen molar-refractivity contribution in [3.8, 4) is 0 Å². The second kappa shape index (κ2) is 7.61. The van der Waals surface area contributed by atoms with E-state index in [1.807, 2.05) is 6.07 Å². The molecular weight excluding hydrogens is 274 g/mol. The lowest BCUT2D eigenvalue weighted by atomic mass is 10.2. The number of nitrogens with one attached hydrogen (secondary N) is 1. The third kappa shape index (κ3) is 5.71. The maximum atomic E-state index is 11.8. The molecule has 0 aliphatic heterocycles. The summed E-state index contributed by atoms with van der Waals surface area (Å²) < 4.78 is 31.1. The van der Waals surface area contributed by atoms with E-state index in [9.17, 15) is 8.42 Å². The predicted octanol–water partition coefficient (Wildman–Crippen LogP) is 2.59. The minimum absolute atomic E-state index is 0.0915. The maximum Gasteiger partial charge on any atom is 0.232 e. The molecule has 6 heteroatoms. The highest BCUT2D eigenvalue weighted by Gasteiger charge is 2.09. The molecular formula is C12H18ClNO3S. The van der Waals surface area contributed by atoms with Gasteiger partial charge in [0, 0.05) is 18.7 Å². The second-order valence-electron chi connectivity index (χ2n) is 3.95. The van der Waals surface area contributed by atoms with Crippen molar-refractivity contribution < 1.29 is 13.2 Å². The molecule has 0 spiro atoms. The molecule has 0 aromatic heterocycles. The highest BCUT2D eigenvalue weighted by atomic mass is 35.5. The van der Waals surface area contributed by atoms with Gasteiger partial charge in [-0.3, -0.25) is 4.72 Å². The molecule has 0 aliphatic carbocycles. The summed E-state index contributed by atoms with van der Waals surface area (Å²) in [5.74, 6) is 0.576. The van der Waals surface area contributed by atoms with E-state index < -0.39 is 10.0 Å². The van der Waals surface area contributed by atoms with Crippen molar-refractivity contribution in [2.24, 2.45) is 0 Å². The smallest absolute Gasteiger partial charge is 0.232 e. The van der Waals surface area contributed by atoms with Gasteiger partial charge in [-0.15, -0.1) is 11.6 Å². The Bertz CT molecular complexity index is 462. The normalized spacial score (nSPS) is 11.4. The van der Waals surface area contributed by atoms with Crippen molar-refractivity contribution in [3.05, 3.63) is 29.8 Å². The van der Waals surface area contributed by atoms with Crippen LogP contribution in [0.3, 0.4) is 0 Å². The number of unbranched alkanes of at least 4 members (excludes halogenated alkanes) is 1. The molecule has 0 aliphatic rings. The largest absolute Gasteiger partial charge is 0.380 e. The zero-order chi connectivity index (χ0) is 13.4. The molecule has 0 radical (unpaired) electrons. The fraction of sp³-hybridized carbons (Fsp3) is 0.500. The summed E-state index contributed by atoms with van der Waals surface area (Å²) in [5.41, 5.74) is 1.49. The van der Waals surface area contributed by atoms with Crippen LogP contribution in [0.2, 0.25) is 0 Å². The Labute approximate surface area is 113 Å². The third-order valence-corrected chi connectivity index (χ3v) is 3.95. The molecule has 4 nitrogen and oxygen atoms in total. The van der Waals surface area contributed by atoms with Crippen LogP contribution >= 0.6 is 11.6 Å². The van der Waals surface area contributed by atoms with Crippen LogP contribution in [0.4, 0.5) is 5.69 Å². The van der Waals surface area contributed by atoms with Crippen molar-refractivity contribution >= 4 is 27.3 Å².